The van der Waals surface area contributed by atoms with E-state index in [0.717, 1.165) is 0 Å². The largest absolute Gasteiger partial charge is 0.481 e. The Hall–Kier alpha value is -2.12. The smallest absolute Gasteiger partial charge is 0.317 e. The molecular formula is C10H17N5O3. The average molecular weight is 255 g/mol. The van der Waals surface area contributed by atoms with Crippen molar-refractivity contribution in [2.45, 2.75) is 20.4 Å². The molecule has 0 aliphatic heterocycles. The lowest BCUT2D eigenvalue weighted by Crippen LogP contribution is -2.40. The van der Waals surface area contributed by atoms with Gasteiger partial charge in [-0.15, -0.1) is 0 Å². The SMILES string of the molecule is Cc1nc(CN(C)C(=O)NCC(C)C(=O)O)n[nH]1. The van der Waals surface area contributed by atoms with Crippen molar-refractivity contribution in [1.29, 1.82) is 0 Å². The maximum Gasteiger partial charge on any atom is 0.317 e. The molecule has 2 amide bonds. The standard InChI is InChI=1S/C10H17N5O3/c1-6(9(16)17)4-11-10(18)15(3)5-8-12-7(2)13-14-8/h6H,4-5H2,1-3H3,(H,11,18)(H,16,17)(H,12,13,14). The Morgan fingerprint density at radius 1 is 1.56 bits per heavy atom. The second kappa shape index (κ2) is 5.99. The Labute approximate surface area is 104 Å². The summed E-state index contributed by atoms with van der Waals surface area (Å²) < 4.78 is 0. The number of carbonyl (C=O) groups is 2. The van der Waals surface area contributed by atoms with Gasteiger partial charge in [0.25, 0.3) is 0 Å². The molecule has 1 heterocycles. The molecule has 1 aromatic heterocycles. The van der Waals surface area contributed by atoms with Crippen molar-refractivity contribution in [3.05, 3.63) is 11.6 Å². The summed E-state index contributed by atoms with van der Waals surface area (Å²) in [6, 6.07) is -0.356. The molecule has 0 aliphatic carbocycles. The van der Waals surface area contributed by atoms with Gasteiger partial charge in [-0.3, -0.25) is 9.89 Å². The lowest BCUT2D eigenvalue weighted by Gasteiger charge is -2.17. The molecule has 1 atom stereocenters. The molecule has 0 fully saturated rings. The minimum absolute atomic E-state index is 0.0888. The topological polar surface area (TPSA) is 111 Å². The summed E-state index contributed by atoms with van der Waals surface area (Å²) in [7, 11) is 1.59. The van der Waals surface area contributed by atoms with E-state index in [1.165, 1.54) is 11.8 Å². The fourth-order valence-electron chi connectivity index (χ4n) is 1.21. The van der Waals surface area contributed by atoms with E-state index in [1.807, 2.05) is 0 Å². The summed E-state index contributed by atoms with van der Waals surface area (Å²) in [5.41, 5.74) is 0. The molecular weight excluding hydrogens is 238 g/mol. The number of carboxylic acid groups (broad SMARTS) is 1. The first-order valence-electron chi connectivity index (χ1n) is 5.49. The third kappa shape index (κ3) is 4.04. The number of hydrogen-bond acceptors (Lipinski definition) is 4. The zero-order valence-corrected chi connectivity index (χ0v) is 10.6. The van der Waals surface area contributed by atoms with Crippen LogP contribution in [0.15, 0.2) is 0 Å². The van der Waals surface area contributed by atoms with Crippen LogP contribution < -0.4 is 5.32 Å². The van der Waals surface area contributed by atoms with E-state index in [2.05, 4.69) is 20.5 Å². The zero-order chi connectivity index (χ0) is 13.7. The van der Waals surface area contributed by atoms with E-state index < -0.39 is 11.9 Å². The number of urea groups is 1. The number of aliphatic carboxylic acids is 1. The molecule has 0 saturated heterocycles. The van der Waals surface area contributed by atoms with Crippen LogP contribution in [0, 0.1) is 12.8 Å². The fourth-order valence-corrected chi connectivity index (χ4v) is 1.21. The van der Waals surface area contributed by atoms with Gasteiger partial charge >= 0.3 is 12.0 Å². The van der Waals surface area contributed by atoms with Gasteiger partial charge in [-0.05, 0) is 6.92 Å². The van der Waals surface area contributed by atoms with Crippen molar-refractivity contribution in [2.24, 2.45) is 5.92 Å². The van der Waals surface area contributed by atoms with Gasteiger partial charge in [-0.2, -0.15) is 5.10 Å². The summed E-state index contributed by atoms with van der Waals surface area (Å²) in [4.78, 5) is 27.7. The summed E-state index contributed by atoms with van der Waals surface area (Å²) in [5, 5.41) is 17.8. The van der Waals surface area contributed by atoms with Crippen molar-refractivity contribution in [3.8, 4) is 0 Å². The van der Waals surface area contributed by atoms with Crippen molar-refractivity contribution >= 4 is 12.0 Å². The summed E-state index contributed by atoms with van der Waals surface area (Å²) >= 11 is 0. The van der Waals surface area contributed by atoms with Crippen LogP contribution in [-0.2, 0) is 11.3 Å². The van der Waals surface area contributed by atoms with Gasteiger partial charge in [0.2, 0.25) is 0 Å². The molecule has 0 aromatic carbocycles. The highest BCUT2D eigenvalue weighted by Crippen LogP contribution is 1.98. The van der Waals surface area contributed by atoms with Crippen LogP contribution in [0.5, 0.6) is 0 Å². The van der Waals surface area contributed by atoms with Gasteiger partial charge in [-0.25, -0.2) is 9.78 Å². The van der Waals surface area contributed by atoms with Crippen LogP contribution in [-0.4, -0.2) is 50.8 Å². The molecule has 18 heavy (non-hydrogen) atoms. The lowest BCUT2D eigenvalue weighted by atomic mass is 10.2. The van der Waals surface area contributed by atoms with Gasteiger partial charge < -0.3 is 15.3 Å². The first kappa shape index (κ1) is 13.9. The van der Waals surface area contributed by atoms with Crippen LogP contribution in [0.25, 0.3) is 0 Å². The van der Waals surface area contributed by atoms with Crippen molar-refractivity contribution in [2.75, 3.05) is 13.6 Å². The van der Waals surface area contributed by atoms with Crippen LogP contribution in [0.1, 0.15) is 18.6 Å². The molecule has 8 nitrogen and oxygen atoms in total. The number of rotatable bonds is 5. The number of carbonyl (C=O) groups excluding carboxylic acids is 1. The van der Waals surface area contributed by atoms with E-state index in [1.54, 1.807) is 14.0 Å². The molecule has 1 aromatic rings. The van der Waals surface area contributed by atoms with Gasteiger partial charge in [0.15, 0.2) is 5.82 Å². The van der Waals surface area contributed by atoms with E-state index in [-0.39, 0.29) is 19.1 Å². The number of aromatic nitrogens is 3. The molecule has 100 valence electrons. The quantitative estimate of drug-likeness (QED) is 0.684. The number of aromatic amines is 1. The number of carboxylic acids is 1. The molecule has 0 saturated carbocycles. The Balaban J connectivity index is 2.39. The van der Waals surface area contributed by atoms with Crippen LogP contribution in [0.2, 0.25) is 0 Å². The van der Waals surface area contributed by atoms with Crippen LogP contribution in [0.4, 0.5) is 4.79 Å². The number of nitrogens with one attached hydrogen (secondary N) is 2. The monoisotopic (exact) mass is 255 g/mol. The highest BCUT2D eigenvalue weighted by atomic mass is 16.4. The Kier molecular flexibility index (Phi) is 4.64. The minimum atomic E-state index is -0.942. The number of H-pyrrole nitrogens is 1. The van der Waals surface area contributed by atoms with E-state index in [4.69, 9.17) is 5.11 Å². The first-order valence-corrected chi connectivity index (χ1v) is 5.49. The predicted molar refractivity (Wildman–Crippen MR) is 62.8 cm³/mol. The van der Waals surface area contributed by atoms with Gasteiger partial charge in [0, 0.05) is 13.6 Å². The highest BCUT2D eigenvalue weighted by Gasteiger charge is 2.15. The molecule has 0 bridgehead atoms. The number of nitrogens with zero attached hydrogens (tertiary/aromatic N) is 3. The van der Waals surface area contributed by atoms with E-state index in [0.29, 0.717) is 11.6 Å². The minimum Gasteiger partial charge on any atom is -0.481 e. The molecule has 8 heteroatoms. The maximum absolute atomic E-state index is 11.6. The molecule has 1 unspecified atom stereocenters. The van der Waals surface area contributed by atoms with Crippen LogP contribution >= 0.6 is 0 Å². The van der Waals surface area contributed by atoms with E-state index in [9.17, 15) is 9.59 Å². The van der Waals surface area contributed by atoms with E-state index >= 15 is 0 Å². The lowest BCUT2D eigenvalue weighted by molar-refractivity contribution is -0.140. The fraction of sp³-hybridized carbons (Fsp3) is 0.600. The number of hydrogen-bond donors (Lipinski definition) is 3. The van der Waals surface area contributed by atoms with Crippen molar-refractivity contribution in [1.82, 2.24) is 25.4 Å². The number of amides is 2. The average Bonchev–Trinajstić information content (AvgIpc) is 2.70. The second-order valence-electron chi connectivity index (χ2n) is 4.12. The molecule has 0 radical (unpaired) electrons. The van der Waals surface area contributed by atoms with Gasteiger partial charge in [-0.1, -0.05) is 6.92 Å². The zero-order valence-electron chi connectivity index (χ0n) is 10.6. The third-order valence-electron chi connectivity index (χ3n) is 2.35. The second-order valence-corrected chi connectivity index (χ2v) is 4.12. The molecule has 3 N–H and O–H groups in total. The predicted octanol–water partition coefficient (Wildman–Crippen LogP) is -0.0248. The Morgan fingerprint density at radius 3 is 2.72 bits per heavy atom. The summed E-state index contributed by atoms with van der Waals surface area (Å²) in [6.45, 7) is 3.65. The van der Waals surface area contributed by atoms with Gasteiger partial charge in [0.1, 0.15) is 5.82 Å². The van der Waals surface area contributed by atoms with Crippen molar-refractivity contribution < 1.29 is 14.7 Å². The van der Waals surface area contributed by atoms with Crippen molar-refractivity contribution in [3.63, 3.8) is 0 Å². The number of aryl methyl sites for hydroxylation is 1. The molecule has 0 spiro atoms. The molecule has 0 aliphatic rings. The normalized spacial score (nSPS) is 11.9. The van der Waals surface area contributed by atoms with Gasteiger partial charge in [0.05, 0.1) is 12.5 Å². The summed E-state index contributed by atoms with van der Waals surface area (Å²) in [5.74, 6) is -0.370. The maximum atomic E-state index is 11.6. The molecule has 1 rings (SSSR count). The Morgan fingerprint density at radius 2 is 2.22 bits per heavy atom. The van der Waals surface area contributed by atoms with Crippen LogP contribution in [0.3, 0.4) is 0 Å². The highest BCUT2D eigenvalue weighted by molar-refractivity contribution is 5.75. The Bertz CT molecular complexity index is 431. The summed E-state index contributed by atoms with van der Waals surface area (Å²) in [6.07, 6.45) is 0. The first-order chi connectivity index (χ1) is 8.40. The third-order valence-corrected chi connectivity index (χ3v) is 2.35.